The average molecular weight is 346 g/mol. The number of hydrogen-bond acceptors (Lipinski definition) is 3. The Morgan fingerprint density at radius 1 is 1.04 bits per heavy atom. The Bertz CT molecular complexity index is 799. The molecule has 2 N–H and O–H groups in total. The lowest BCUT2D eigenvalue weighted by Crippen LogP contribution is -2.28. The van der Waals surface area contributed by atoms with Crippen LogP contribution in [0.3, 0.4) is 0 Å². The Hall–Kier alpha value is -2.18. The summed E-state index contributed by atoms with van der Waals surface area (Å²) in [5.41, 5.74) is 2.81. The summed E-state index contributed by atoms with van der Waals surface area (Å²) in [5, 5.41) is 2.82. The number of carbonyl (C=O) groups is 1. The Balaban J connectivity index is 1.89. The molecule has 0 fully saturated rings. The second-order valence-corrected chi connectivity index (χ2v) is 7.29. The molecular formula is C18H22N2O3S. The van der Waals surface area contributed by atoms with Crippen molar-refractivity contribution in [1.82, 2.24) is 4.72 Å². The maximum absolute atomic E-state index is 12.1. The van der Waals surface area contributed by atoms with E-state index in [1.165, 1.54) is 0 Å². The standard InChI is InChI=1S/C18H22N2O3S/c1-3-15-6-4-5-7-17(15)20-18(21)12-13-19-24(22,23)16-10-8-14(2)9-11-16/h4-11,19H,3,12-13H2,1-2H3,(H,20,21). The first kappa shape index (κ1) is 18.2. The van der Waals surface area contributed by atoms with E-state index in [9.17, 15) is 13.2 Å². The molecular weight excluding hydrogens is 324 g/mol. The van der Waals surface area contributed by atoms with Crippen LogP contribution >= 0.6 is 0 Å². The van der Waals surface area contributed by atoms with E-state index < -0.39 is 10.0 Å². The fourth-order valence-corrected chi connectivity index (χ4v) is 3.29. The second kappa shape index (κ2) is 8.08. The zero-order chi connectivity index (χ0) is 17.6. The molecule has 0 aliphatic heterocycles. The van der Waals surface area contributed by atoms with Gasteiger partial charge in [0.1, 0.15) is 0 Å². The maximum atomic E-state index is 12.1. The summed E-state index contributed by atoms with van der Waals surface area (Å²) in [6.45, 7) is 3.96. The van der Waals surface area contributed by atoms with Gasteiger partial charge in [-0.25, -0.2) is 13.1 Å². The molecule has 0 heterocycles. The predicted octanol–water partition coefficient (Wildman–Crippen LogP) is 2.86. The smallest absolute Gasteiger partial charge is 0.240 e. The number of carbonyl (C=O) groups excluding carboxylic acids is 1. The van der Waals surface area contributed by atoms with Crippen molar-refractivity contribution in [2.75, 3.05) is 11.9 Å². The van der Waals surface area contributed by atoms with Gasteiger partial charge in [0, 0.05) is 18.7 Å². The van der Waals surface area contributed by atoms with Crippen LogP contribution in [-0.4, -0.2) is 20.9 Å². The van der Waals surface area contributed by atoms with Gasteiger partial charge in [-0.15, -0.1) is 0 Å². The van der Waals surface area contributed by atoms with Gasteiger partial charge in [-0.1, -0.05) is 42.8 Å². The summed E-state index contributed by atoms with van der Waals surface area (Å²) in [6.07, 6.45) is 0.889. The van der Waals surface area contributed by atoms with E-state index in [1.54, 1.807) is 24.3 Å². The maximum Gasteiger partial charge on any atom is 0.240 e. The van der Waals surface area contributed by atoms with Crippen molar-refractivity contribution in [3.05, 3.63) is 59.7 Å². The van der Waals surface area contributed by atoms with Crippen molar-refractivity contribution in [1.29, 1.82) is 0 Å². The largest absolute Gasteiger partial charge is 0.326 e. The molecule has 24 heavy (non-hydrogen) atoms. The zero-order valence-corrected chi connectivity index (χ0v) is 14.7. The highest BCUT2D eigenvalue weighted by Crippen LogP contribution is 2.15. The number of amides is 1. The summed E-state index contributed by atoms with van der Waals surface area (Å²) in [6, 6.07) is 14.2. The fourth-order valence-electron chi connectivity index (χ4n) is 2.26. The van der Waals surface area contributed by atoms with Crippen LogP contribution in [0.5, 0.6) is 0 Å². The van der Waals surface area contributed by atoms with E-state index >= 15 is 0 Å². The van der Waals surface area contributed by atoms with Crippen LogP contribution in [-0.2, 0) is 21.2 Å². The average Bonchev–Trinajstić information content (AvgIpc) is 2.55. The Morgan fingerprint density at radius 2 is 1.71 bits per heavy atom. The highest BCUT2D eigenvalue weighted by Gasteiger charge is 2.14. The SMILES string of the molecule is CCc1ccccc1NC(=O)CCNS(=O)(=O)c1ccc(C)cc1. The van der Waals surface area contributed by atoms with Gasteiger partial charge in [-0.3, -0.25) is 4.79 Å². The molecule has 0 aliphatic carbocycles. The predicted molar refractivity (Wildman–Crippen MR) is 95.4 cm³/mol. The second-order valence-electron chi connectivity index (χ2n) is 5.52. The van der Waals surface area contributed by atoms with E-state index in [0.717, 1.165) is 23.2 Å². The lowest BCUT2D eigenvalue weighted by Gasteiger charge is -2.10. The van der Waals surface area contributed by atoms with E-state index in [0.29, 0.717) is 0 Å². The van der Waals surface area contributed by atoms with E-state index in [2.05, 4.69) is 10.0 Å². The highest BCUT2D eigenvalue weighted by molar-refractivity contribution is 7.89. The van der Waals surface area contributed by atoms with Crippen molar-refractivity contribution < 1.29 is 13.2 Å². The van der Waals surface area contributed by atoms with Crippen LogP contribution in [0.4, 0.5) is 5.69 Å². The van der Waals surface area contributed by atoms with Crippen molar-refractivity contribution >= 4 is 21.6 Å². The number of anilines is 1. The first-order valence-corrected chi connectivity index (χ1v) is 9.35. The number of rotatable bonds is 7. The molecule has 2 rings (SSSR count). The molecule has 0 atom stereocenters. The van der Waals surface area contributed by atoms with Crippen LogP contribution in [0.2, 0.25) is 0 Å². The fraction of sp³-hybridized carbons (Fsp3) is 0.278. The third-order valence-electron chi connectivity index (χ3n) is 3.65. The first-order valence-electron chi connectivity index (χ1n) is 7.86. The summed E-state index contributed by atoms with van der Waals surface area (Å²) in [4.78, 5) is 12.2. The molecule has 2 aromatic carbocycles. The molecule has 0 radical (unpaired) electrons. The molecule has 0 unspecified atom stereocenters. The normalized spacial score (nSPS) is 11.2. The Labute approximate surface area is 143 Å². The van der Waals surface area contributed by atoms with E-state index in [4.69, 9.17) is 0 Å². The van der Waals surface area contributed by atoms with Gasteiger partial charge in [0.15, 0.2) is 0 Å². The topological polar surface area (TPSA) is 75.3 Å². The lowest BCUT2D eigenvalue weighted by atomic mass is 10.1. The molecule has 0 saturated heterocycles. The van der Waals surface area contributed by atoms with Crippen molar-refractivity contribution in [2.45, 2.75) is 31.6 Å². The minimum Gasteiger partial charge on any atom is -0.326 e. The Morgan fingerprint density at radius 3 is 2.38 bits per heavy atom. The summed E-state index contributed by atoms with van der Waals surface area (Å²) in [5.74, 6) is -0.220. The number of aryl methyl sites for hydroxylation is 2. The van der Waals surface area contributed by atoms with Crippen LogP contribution in [0.15, 0.2) is 53.4 Å². The van der Waals surface area contributed by atoms with Gasteiger partial charge < -0.3 is 5.32 Å². The van der Waals surface area contributed by atoms with Gasteiger partial charge in [0.25, 0.3) is 0 Å². The molecule has 0 spiro atoms. The molecule has 0 saturated carbocycles. The number of hydrogen-bond donors (Lipinski definition) is 2. The molecule has 0 bridgehead atoms. The van der Waals surface area contributed by atoms with Gasteiger partial charge in [0.05, 0.1) is 4.90 Å². The zero-order valence-electron chi connectivity index (χ0n) is 13.9. The van der Waals surface area contributed by atoms with Gasteiger partial charge in [-0.2, -0.15) is 0 Å². The number of para-hydroxylation sites is 1. The van der Waals surface area contributed by atoms with Crippen molar-refractivity contribution in [2.24, 2.45) is 0 Å². The molecule has 5 nitrogen and oxygen atoms in total. The minimum atomic E-state index is -3.59. The molecule has 1 amide bonds. The molecule has 0 aromatic heterocycles. The van der Waals surface area contributed by atoms with Crippen LogP contribution < -0.4 is 10.0 Å². The van der Waals surface area contributed by atoms with Gasteiger partial charge >= 0.3 is 0 Å². The van der Waals surface area contributed by atoms with Crippen molar-refractivity contribution in [3.8, 4) is 0 Å². The molecule has 0 aliphatic rings. The van der Waals surface area contributed by atoms with E-state index in [1.807, 2.05) is 38.1 Å². The van der Waals surface area contributed by atoms with E-state index in [-0.39, 0.29) is 23.8 Å². The molecule has 128 valence electrons. The lowest BCUT2D eigenvalue weighted by molar-refractivity contribution is -0.116. The third-order valence-corrected chi connectivity index (χ3v) is 5.12. The summed E-state index contributed by atoms with van der Waals surface area (Å²) >= 11 is 0. The van der Waals surface area contributed by atoms with Crippen LogP contribution in [0, 0.1) is 6.92 Å². The summed E-state index contributed by atoms with van der Waals surface area (Å²) < 4.78 is 26.7. The summed E-state index contributed by atoms with van der Waals surface area (Å²) in [7, 11) is -3.59. The van der Waals surface area contributed by atoms with Crippen LogP contribution in [0.1, 0.15) is 24.5 Å². The van der Waals surface area contributed by atoms with Gasteiger partial charge in [0.2, 0.25) is 15.9 Å². The number of benzene rings is 2. The number of sulfonamides is 1. The monoisotopic (exact) mass is 346 g/mol. The molecule has 2 aromatic rings. The highest BCUT2D eigenvalue weighted by atomic mass is 32.2. The Kier molecular flexibility index (Phi) is 6.11. The molecule has 6 heteroatoms. The first-order chi connectivity index (χ1) is 11.4. The minimum absolute atomic E-state index is 0.0519. The van der Waals surface area contributed by atoms with Crippen LogP contribution in [0.25, 0.3) is 0 Å². The third kappa shape index (κ3) is 4.91. The quantitative estimate of drug-likeness (QED) is 0.809. The van der Waals surface area contributed by atoms with Gasteiger partial charge in [-0.05, 0) is 37.1 Å². The number of nitrogens with one attached hydrogen (secondary N) is 2. The van der Waals surface area contributed by atoms with Crippen molar-refractivity contribution in [3.63, 3.8) is 0 Å².